The average Bonchev–Trinajstić information content (AvgIpc) is 3.45. The normalized spacial score (nSPS) is 24.7. The minimum absolute atomic E-state index is 0.0396. The van der Waals surface area contributed by atoms with E-state index in [0.29, 0.717) is 17.4 Å². The van der Waals surface area contributed by atoms with E-state index >= 15 is 0 Å². The third-order valence-electron chi connectivity index (χ3n) is 6.31. The highest BCUT2D eigenvalue weighted by molar-refractivity contribution is 5.46. The maximum absolute atomic E-state index is 5.78. The second-order valence-corrected chi connectivity index (χ2v) is 8.06. The van der Waals surface area contributed by atoms with Gasteiger partial charge in [0, 0.05) is 50.8 Å². The van der Waals surface area contributed by atoms with Gasteiger partial charge in [0.05, 0.1) is 17.3 Å². The van der Waals surface area contributed by atoms with Gasteiger partial charge in [0.15, 0.2) is 0 Å². The monoisotopic (exact) mass is 379 g/mol. The molecule has 2 atom stereocenters. The fourth-order valence-electron chi connectivity index (χ4n) is 5.06. The summed E-state index contributed by atoms with van der Waals surface area (Å²) in [6.45, 7) is 5.12. The van der Waals surface area contributed by atoms with Crippen molar-refractivity contribution in [1.82, 2.24) is 34.8 Å². The lowest BCUT2D eigenvalue weighted by atomic mass is 9.80. The molecule has 3 aromatic rings. The van der Waals surface area contributed by atoms with E-state index in [1.807, 2.05) is 11.7 Å². The molecule has 0 aromatic carbocycles. The standard InChI is InChI=1S/C20H25N7O/c1-3-16-14(10-26(2)24-16)11-27-12-15-5-4-6-20(15,13-27)19-23-18(25-28-19)17-9-21-7-8-22-17/h7-10,15H,3-6,11-13H2,1-2H3/t15-,20-/m1/s1. The molecule has 0 amide bonds. The first kappa shape index (κ1) is 17.5. The zero-order chi connectivity index (χ0) is 19.1. The van der Waals surface area contributed by atoms with E-state index in [1.165, 1.54) is 24.1 Å². The van der Waals surface area contributed by atoms with Gasteiger partial charge in [-0.25, -0.2) is 4.98 Å². The molecule has 8 heteroatoms. The largest absolute Gasteiger partial charge is 0.338 e. The molecular weight excluding hydrogens is 354 g/mol. The number of fused-ring (bicyclic) bond motifs is 1. The van der Waals surface area contributed by atoms with Crippen LogP contribution in [0.2, 0.25) is 0 Å². The van der Waals surface area contributed by atoms with Crippen molar-refractivity contribution in [2.75, 3.05) is 13.1 Å². The minimum atomic E-state index is -0.0396. The van der Waals surface area contributed by atoms with Crippen LogP contribution in [0.4, 0.5) is 0 Å². The van der Waals surface area contributed by atoms with E-state index in [1.54, 1.807) is 18.6 Å². The van der Waals surface area contributed by atoms with Gasteiger partial charge in [0.25, 0.3) is 0 Å². The number of rotatable bonds is 5. The molecule has 28 heavy (non-hydrogen) atoms. The Morgan fingerprint density at radius 2 is 2.25 bits per heavy atom. The van der Waals surface area contributed by atoms with Crippen LogP contribution in [0.1, 0.15) is 43.3 Å². The van der Waals surface area contributed by atoms with Gasteiger partial charge in [0.1, 0.15) is 5.69 Å². The summed E-state index contributed by atoms with van der Waals surface area (Å²) in [5, 5.41) is 8.80. The van der Waals surface area contributed by atoms with Crippen molar-refractivity contribution in [2.24, 2.45) is 13.0 Å². The number of aryl methyl sites for hydroxylation is 2. The average molecular weight is 379 g/mol. The Labute approximate surface area is 164 Å². The predicted molar refractivity (Wildman–Crippen MR) is 102 cm³/mol. The number of hydrogen-bond donors (Lipinski definition) is 0. The fourth-order valence-corrected chi connectivity index (χ4v) is 5.06. The highest BCUT2D eigenvalue weighted by atomic mass is 16.5. The van der Waals surface area contributed by atoms with Crippen molar-refractivity contribution in [2.45, 2.75) is 44.6 Å². The third kappa shape index (κ3) is 2.83. The molecule has 5 rings (SSSR count). The van der Waals surface area contributed by atoms with Gasteiger partial charge in [-0.2, -0.15) is 10.1 Å². The summed E-state index contributed by atoms with van der Waals surface area (Å²) >= 11 is 0. The Balaban J connectivity index is 1.40. The molecule has 2 fully saturated rings. The van der Waals surface area contributed by atoms with Crippen LogP contribution in [0.25, 0.3) is 11.5 Å². The van der Waals surface area contributed by atoms with Crippen molar-refractivity contribution >= 4 is 0 Å². The van der Waals surface area contributed by atoms with Crippen LogP contribution in [0.15, 0.2) is 29.3 Å². The highest BCUT2D eigenvalue weighted by Gasteiger charge is 2.54. The van der Waals surface area contributed by atoms with E-state index in [0.717, 1.165) is 38.4 Å². The molecular formula is C20H25N7O. The lowest BCUT2D eigenvalue weighted by molar-refractivity contribution is 0.245. The van der Waals surface area contributed by atoms with Gasteiger partial charge in [-0.15, -0.1) is 0 Å². The predicted octanol–water partition coefficient (Wildman–Crippen LogP) is 2.38. The van der Waals surface area contributed by atoms with Crippen LogP contribution < -0.4 is 0 Å². The molecule has 4 heterocycles. The summed E-state index contributed by atoms with van der Waals surface area (Å²) in [4.78, 5) is 15.7. The van der Waals surface area contributed by atoms with E-state index in [-0.39, 0.29) is 5.41 Å². The minimum Gasteiger partial charge on any atom is -0.338 e. The number of likely N-dealkylation sites (tertiary alicyclic amines) is 1. The summed E-state index contributed by atoms with van der Waals surface area (Å²) in [5.41, 5.74) is 3.13. The SMILES string of the molecule is CCc1nn(C)cc1CN1C[C@H]2CCC[C@@]2(c2nc(-c3cnccn3)no2)C1. The molecule has 3 aromatic heterocycles. The van der Waals surface area contributed by atoms with Gasteiger partial charge < -0.3 is 4.52 Å². The summed E-state index contributed by atoms with van der Waals surface area (Å²) < 4.78 is 7.71. The molecule has 8 nitrogen and oxygen atoms in total. The number of nitrogens with zero attached hydrogens (tertiary/aromatic N) is 7. The van der Waals surface area contributed by atoms with Crippen LogP contribution >= 0.6 is 0 Å². The van der Waals surface area contributed by atoms with E-state index in [9.17, 15) is 0 Å². The zero-order valence-electron chi connectivity index (χ0n) is 16.4. The van der Waals surface area contributed by atoms with E-state index in [2.05, 4.69) is 38.2 Å². The Hall–Kier alpha value is -2.61. The Kier molecular flexibility index (Phi) is 4.23. The molecule has 1 aliphatic carbocycles. The Bertz CT molecular complexity index is 966. The lowest BCUT2D eigenvalue weighted by Crippen LogP contribution is -2.32. The lowest BCUT2D eigenvalue weighted by Gasteiger charge is -2.24. The molecule has 0 unspecified atom stereocenters. The van der Waals surface area contributed by atoms with Gasteiger partial charge in [-0.1, -0.05) is 18.5 Å². The zero-order valence-corrected chi connectivity index (χ0v) is 16.4. The molecule has 0 N–H and O–H groups in total. The highest BCUT2D eigenvalue weighted by Crippen LogP contribution is 2.50. The van der Waals surface area contributed by atoms with Gasteiger partial charge in [-0.3, -0.25) is 14.6 Å². The fraction of sp³-hybridized carbons (Fsp3) is 0.550. The van der Waals surface area contributed by atoms with Gasteiger partial charge in [-0.05, 0) is 25.2 Å². The van der Waals surface area contributed by atoms with E-state index in [4.69, 9.17) is 9.51 Å². The molecule has 1 saturated carbocycles. The summed E-state index contributed by atoms with van der Waals surface area (Å²) in [5.74, 6) is 1.85. The first-order valence-corrected chi connectivity index (χ1v) is 10.0. The van der Waals surface area contributed by atoms with Crippen molar-refractivity contribution < 1.29 is 4.52 Å². The molecule has 0 spiro atoms. The van der Waals surface area contributed by atoms with Crippen molar-refractivity contribution in [3.8, 4) is 11.5 Å². The smallest absolute Gasteiger partial charge is 0.234 e. The molecule has 0 radical (unpaired) electrons. The Morgan fingerprint density at radius 1 is 1.32 bits per heavy atom. The van der Waals surface area contributed by atoms with Crippen molar-refractivity contribution in [3.63, 3.8) is 0 Å². The summed E-state index contributed by atoms with van der Waals surface area (Å²) in [6, 6.07) is 0. The molecule has 1 aliphatic heterocycles. The van der Waals surface area contributed by atoms with Crippen LogP contribution in [0, 0.1) is 5.92 Å². The topological polar surface area (TPSA) is 85.8 Å². The van der Waals surface area contributed by atoms with Gasteiger partial charge in [0.2, 0.25) is 11.7 Å². The molecule has 146 valence electrons. The number of hydrogen-bond acceptors (Lipinski definition) is 7. The van der Waals surface area contributed by atoms with Crippen molar-refractivity contribution in [3.05, 3.63) is 41.9 Å². The molecule has 0 bridgehead atoms. The second kappa shape index (κ2) is 6.77. The quantitative estimate of drug-likeness (QED) is 0.673. The molecule has 2 aliphatic rings. The first-order valence-electron chi connectivity index (χ1n) is 10.0. The Morgan fingerprint density at radius 3 is 3.07 bits per heavy atom. The van der Waals surface area contributed by atoms with Crippen LogP contribution in [0.3, 0.4) is 0 Å². The maximum Gasteiger partial charge on any atom is 0.234 e. The van der Waals surface area contributed by atoms with Crippen LogP contribution in [-0.2, 0) is 25.4 Å². The third-order valence-corrected chi connectivity index (χ3v) is 6.31. The summed E-state index contributed by atoms with van der Waals surface area (Å²) in [6.07, 6.45) is 11.6. The van der Waals surface area contributed by atoms with Gasteiger partial charge >= 0.3 is 0 Å². The first-order chi connectivity index (χ1) is 13.7. The van der Waals surface area contributed by atoms with Crippen LogP contribution in [-0.4, -0.2) is 47.9 Å². The number of aromatic nitrogens is 6. The summed E-state index contributed by atoms with van der Waals surface area (Å²) in [7, 11) is 2.00. The second-order valence-electron chi connectivity index (χ2n) is 8.06. The maximum atomic E-state index is 5.78. The molecule has 1 saturated heterocycles. The van der Waals surface area contributed by atoms with Crippen molar-refractivity contribution in [1.29, 1.82) is 0 Å². The van der Waals surface area contributed by atoms with E-state index < -0.39 is 0 Å². The van der Waals surface area contributed by atoms with Crippen LogP contribution in [0.5, 0.6) is 0 Å².